The predicted octanol–water partition coefficient (Wildman–Crippen LogP) is 5.80. The number of rotatable bonds is 5. The van der Waals surface area contributed by atoms with E-state index in [0.29, 0.717) is 15.6 Å². The van der Waals surface area contributed by atoms with Crippen molar-refractivity contribution >= 4 is 35.0 Å². The number of hydrogen-bond donors (Lipinski definition) is 0. The van der Waals surface area contributed by atoms with Gasteiger partial charge in [-0.15, -0.1) is 0 Å². The number of ether oxygens (including phenoxy) is 1. The van der Waals surface area contributed by atoms with Crippen LogP contribution >= 0.6 is 23.2 Å². The zero-order valence-electron chi connectivity index (χ0n) is 19.8. The van der Waals surface area contributed by atoms with Crippen LogP contribution in [0.4, 0.5) is 13.2 Å². The number of carbonyl (C=O) groups excluding carboxylic acids is 2. The number of carbonyl (C=O) groups is 2. The number of alkyl halides is 3. The molecule has 0 aliphatic carbocycles. The fraction of sp³-hybridized carbons (Fsp3) is 0.269. The lowest BCUT2D eigenvalue weighted by Crippen LogP contribution is -2.42. The molecular formula is C26H22Cl2F3N3O3. The number of methoxy groups -OCH3 is 1. The van der Waals surface area contributed by atoms with Crippen molar-refractivity contribution < 1.29 is 27.5 Å². The molecule has 0 N–H and O–H groups in total. The highest BCUT2D eigenvalue weighted by Gasteiger charge is 2.41. The van der Waals surface area contributed by atoms with Crippen molar-refractivity contribution in [2.24, 2.45) is 0 Å². The van der Waals surface area contributed by atoms with Crippen molar-refractivity contribution in [2.45, 2.75) is 18.1 Å². The Kier molecular flexibility index (Phi) is 7.66. The molecule has 2 aromatic carbocycles. The van der Waals surface area contributed by atoms with E-state index < -0.39 is 23.7 Å². The Labute approximate surface area is 221 Å². The lowest BCUT2D eigenvalue weighted by Gasteiger charge is -2.29. The maximum absolute atomic E-state index is 13.6. The quantitative estimate of drug-likeness (QED) is 0.402. The Hall–Kier alpha value is -3.30. The molecular weight excluding hydrogens is 530 g/mol. The van der Waals surface area contributed by atoms with Crippen molar-refractivity contribution in [1.29, 1.82) is 0 Å². The number of nitrogens with zero attached hydrogens (tertiary/aromatic N) is 3. The van der Waals surface area contributed by atoms with Crippen LogP contribution in [0.25, 0.3) is 0 Å². The zero-order valence-corrected chi connectivity index (χ0v) is 21.3. The van der Waals surface area contributed by atoms with Gasteiger partial charge in [0.05, 0.1) is 28.8 Å². The van der Waals surface area contributed by atoms with Gasteiger partial charge in [0.25, 0.3) is 11.8 Å². The smallest absolute Gasteiger partial charge is 0.419 e. The maximum Gasteiger partial charge on any atom is 0.419 e. The van der Waals surface area contributed by atoms with Gasteiger partial charge in [-0.25, -0.2) is 0 Å². The summed E-state index contributed by atoms with van der Waals surface area (Å²) < 4.78 is 45.5. The highest BCUT2D eigenvalue weighted by Crippen LogP contribution is 2.38. The standard InChI is InChI=1S/C26H22Cl2F3N3O3/c1-33(24(35)17-4-6-23(37-2)19(11-17)26(29,30)31)22-14-34(25(36)15-7-9-32-10-8-15)13-18(22)16-3-5-20(27)21(28)12-16/h3-12,18,22H,13-14H2,1-2H3/t18-,22+/m0/s1. The predicted molar refractivity (Wildman–Crippen MR) is 133 cm³/mol. The third kappa shape index (κ3) is 5.52. The molecule has 194 valence electrons. The van der Waals surface area contributed by atoms with Gasteiger partial charge in [-0.1, -0.05) is 29.3 Å². The average molecular weight is 552 g/mol. The molecule has 1 aliphatic rings. The van der Waals surface area contributed by atoms with E-state index in [2.05, 4.69) is 4.98 Å². The first-order valence-corrected chi connectivity index (χ1v) is 11.9. The molecule has 2 amide bonds. The van der Waals surface area contributed by atoms with Gasteiger partial charge >= 0.3 is 6.18 Å². The van der Waals surface area contributed by atoms with Gasteiger partial charge in [0.1, 0.15) is 5.75 Å². The molecule has 1 aliphatic heterocycles. The third-order valence-corrected chi connectivity index (χ3v) is 7.18. The van der Waals surface area contributed by atoms with Crippen molar-refractivity contribution in [1.82, 2.24) is 14.8 Å². The van der Waals surface area contributed by atoms with Crippen LogP contribution in [0.2, 0.25) is 10.0 Å². The van der Waals surface area contributed by atoms with E-state index in [1.807, 2.05) is 0 Å². The molecule has 4 rings (SSSR count). The van der Waals surface area contributed by atoms with E-state index in [0.717, 1.165) is 24.8 Å². The number of likely N-dealkylation sites (N-methyl/N-ethyl adjacent to an activating group) is 1. The van der Waals surface area contributed by atoms with Crippen LogP contribution in [0.15, 0.2) is 60.9 Å². The number of halogens is 5. The van der Waals surface area contributed by atoms with E-state index in [1.165, 1.54) is 30.4 Å². The van der Waals surface area contributed by atoms with Crippen LogP contribution in [-0.4, -0.2) is 59.9 Å². The summed E-state index contributed by atoms with van der Waals surface area (Å²) in [6, 6.07) is 10.9. The van der Waals surface area contributed by atoms with Crippen LogP contribution in [0.5, 0.6) is 5.75 Å². The van der Waals surface area contributed by atoms with Gasteiger partial charge in [0, 0.05) is 49.6 Å². The third-order valence-electron chi connectivity index (χ3n) is 6.44. The van der Waals surface area contributed by atoms with Crippen molar-refractivity contribution in [3.05, 3.63) is 93.2 Å². The summed E-state index contributed by atoms with van der Waals surface area (Å²) in [5.41, 5.74) is -0.0177. The van der Waals surface area contributed by atoms with Crippen molar-refractivity contribution in [3.8, 4) is 5.75 Å². The zero-order chi connectivity index (χ0) is 26.9. The summed E-state index contributed by atoms with van der Waals surface area (Å²) in [5.74, 6) is -1.62. The van der Waals surface area contributed by atoms with Gasteiger partial charge in [0.2, 0.25) is 0 Å². The minimum atomic E-state index is -4.70. The molecule has 37 heavy (non-hydrogen) atoms. The van der Waals surface area contributed by atoms with E-state index in [-0.39, 0.29) is 36.2 Å². The molecule has 11 heteroatoms. The Morgan fingerprint density at radius 3 is 2.32 bits per heavy atom. The number of pyridine rings is 1. The normalized spacial score (nSPS) is 17.5. The maximum atomic E-state index is 13.6. The molecule has 0 saturated carbocycles. The largest absolute Gasteiger partial charge is 0.496 e. The molecule has 1 saturated heterocycles. The molecule has 0 spiro atoms. The van der Waals surface area contributed by atoms with Crippen molar-refractivity contribution in [2.75, 3.05) is 27.2 Å². The van der Waals surface area contributed by atoms with Crippen LogP contribution in [0.3, 0.4) is 0 Å². The second kappa shape index (κ2) is 10.6. The molecule has 2 atom stereocenters. The number of aromatic nitrogens is 1. The molecule has 1 aromatic heterocycles. The summed E-state index contributed by atoms with van der Waals surface area (Å²) in [6.07, 6.45) is -1.69. The van der Waals surface area contributed by atoms with Gasteiger partial charge in [-0.05, 0) is 48.0 Å². The monoisotopic (exact) mass is 551 g/mol. The summed E-state index contributed by atoms with van der Waals surface area (Å²) in [6.45, 7) is 0.425. The number of likely N-dealkylation sites (tertiary alicyclic amines) is 1. The first-order valence-electron chi connectivity index (χ1n) is 11.2. The topological polar surface area (TPSA) is 62.7 Å². The summed E-state index contributed by atoms with van der Waals surface area (Å²) in [7, 11) is 2.64. The van der Waals surface area contributed by atoms with Crippen LogP contribution in [-0.2, 0) is 6.18 Å². The Morgan fingerprint density at radius 1 is 1.00 bits per heavy atom. The summed E-state index contributed by atoms with van der Waals surface area (Å²) in [5, 5.41) is 0.669. The van der Waals surface area contributed by atoms with Gasteiger partial charge in [-0.2, -0.15) is 13.2 Å². The molecule has 0 radical (unpaired) electrons. The molecule has 0 unspecified atom stereocenters. The van der Waals surface area contributed by atoms with Crippen LogP contribution < -0.4 is 4.74 Å². The first-order chi connectivity index (χ1) is 17.5. The lowest BCUT2D eigenvalue weighted by molar-refractivity contribution is -0.138. The SMILES string of the molecule is COc1ccc(C(=O)N(C)[C@@H]2CN(C(=O)c3ccncc3)C[C@H]2c2ccc(Cl)c(Cl)c2)cc1C(F)(F)F. The first kappa shape index (κ1) is 26.8. The fourth-order valence-corrected chi connectivity index (χ4v) is 4.82. The van der Waals surface area contributed by atoms with E-state index in [4.69, 9.17) is 27.9 Å². The molecule has 3 aromatic rings. The van der Waals surface area contributed by atoms with E-state index in [1.54, 1.807) is 35.2 Å². The molecule has 1 fully saturated rings. The highest BCUT2D eigenvalue weighted by atomic mass is 35.5. The summed E-state index contributed by atoms with van der Waals surface area (Å²) in [4.78, 5) is 33.5. The Bertz CT molecular complexity index is 1320. The van der Waals surface area contributed by atoms with Gasteiger partial charge < -0.3 is 14.5 Å². The molecule has 0 bridgehead atoms. The van der Waals surface area contributed by atoms with Crippen LogP contribution in [0.1, 0.15) is 37.8 Å². The number of hydrogen-bond acceptors (Lipinski definition) is 4. The molecule has 2 heterocycles. The van der Waals surface area contributed by atoms with E-state index in [9.17, 15) is 22.8 Å². The minimum absolute atomic E-state index is 0.151. The van der Waals surface area contributed by atoms with Crippen LogP contribution in [0, 0.1) is 0 Å². The second-order valence-electron chi connectivity index (χ2n) is 8.62. The Balaban J connectivity index is 1.69. The Morgan fingerprint density at radius 2 is 1.70 bits per heavy atom. The minimum Gasteiger partial charge on any atom is -0.496 e. The van der Waals surface area contributed by atoms with E-state index >= 15 is 0 Å². The number of amides is 2. The van der Waals surface area contributed by atoms with Crippen molar-refractivity contribution in [3.63, 3.8) is 0 Å². The summed E-state index contributed by atoms with van der Waals surface area (Å²) >= 11 is 12.3. The lowest BCUT2D eigenvalue weighted by atomic mass is 9.93. The second-order valence-corrected chi connectivity index (χ2v) is 9.44. The van der Waals surface area contributed by atoms with Gasteiger partial charge in [-0.3, -0.25) is 14.6 Å². The van der Waals surface area contributed by atoms with Gasteiger partial charge in [0.15, 0.2) is 0 Å². The fourth-order valence-electron chi connectivity index (χ4n) is 4.51. The average Bonchev–Trinajstić information content (AvgIpc) is 3.34. The number of benzene rings is 2. The molecule has 6 nitrogen and oxygen atoms in total. The highest BCUT2D eigenvalue weighted by molar-refractivity contribution is 6.42.